The molecule has 0 fully saturated rings. The number of hydrogen-bond donors (Lipinski definition) is 2. The molecule has 1 heterocycles. The average molecular weight is 343 g/mol. The summed E-state index contributed by atoms with van der Waals surface area (Å²) in [5, 5.41) is 9.80. The average Bonchev–Trinajstić information content (AvgIpc) is 2.97. The summed E-state index contributed by atoms with van der Waals surface area (Å²) in [5.74, 6) is 1.01. The number of carbonyl (C=O) groups is 1. The lowest BCUT2D eigenvalue weighted by molar-refractivity contribution is 0.262. The number of anilines is 2. The molecule has 3 rings (SSSR count). The van der Waals surface area contributed by atoms with Gasteiger partial charge < -0.3 is 15.2 Å². The Labute approximate surface area is 143 Å². The molecular weight excluding hydrogens is 328 g/mol. The summed E-state index contributed by atoms with van der Waals surface area (Å²) in [6.07, 6.45) is 0. The molecule has 0 radical (unpaired) electrons. The molecule has 2 amide bonds. The van der Waals surface area contributed by atoms with Gasteiger partial charge in [-0.15, -0.1) is 0 Å². The molecule has 0 aliphatic carbocycles. The molecule has 0 aliphatic heterocycles. The first kappa shape index (κ1) is 16.0. The number of urea groups is 1. The molecule has 2 N–H and O–H groups in total. The van der Waals surface area contributed by atoms with Crippen LogP contribution in [-0.4, -0.2) is 16.2 Å². The van der Waals surface area contributed by atoms with Crippen molar-refractivity contribution < 1.29 is 9.32 Å². The first-order chi connectivity index (χ1) is 11.5. The molecular formula is C17H15ClN4O2. The molecule has 6 nitrogen and oxygen atoms in total. The number of benzene rings is 2. The largest absolute Gasteiger partial charge is 0.339 e. The summed E-state index contributed by atoms with van der Waals surface area (Å²) in [4.78, 5) is 16.2. The van der Waals surface area contributed by atoms with E-state index in [1.54, 1.807) is 43.3 Å². The van der Waals surface area contributed by atoms with E-state index in [-0.39, 0.29) is 6.03 Å². The van der Waals surface area contributed by atoms with Gasteiger partial charge in [0, 0.05) is 18.2 Å². The van der Waals surface area contributed by atoms with Crippen molar-refractivity contribution >= 4 is 29.0 Å². The highest BCUT2D eigenvalue weighted by molar-refractivity contribution is 6.33. The van der Waals surface area contributed by atoms with E-state index < -0.39 is 0 Å². The van der Waals surface area contributed by atoms with Crippen molar-refractivity contribution in [1.29, 1.82) is 0 Å². The Morgan fingerprint density at radius 3 is 2.46 bits per heavy atom. The van der Waals surface area contributed by atoms with Crippen molar-refractivity contribution in [3.63, 3.8) is 0 Å². The zero-order valence-corrected chi connectivity index (χ0v) is 13.9. The Bertz CT molecular complexity index is 875. The number of hydrogen-bond acceptors (Lipinski definition) is 4. The van der Waals surface area contributed by atoms with Crippen LogP contribution in [0, 0.1) is 13.8 Å². The van der Waals surface area contributed by atoms with Gasteiger partial charge in [0.15, 0.2) is 0 Å². The SMILES string of the molecule is Cc1ccc(NC(=O)Nc2ccc(-c3noc(C)n3)cc2)c(Cl)c1. The zero-order valence-electron chi connectivity index (χ0n) is 13.1. The standard InChI is InChI=1S/C17H15ClN4O2/c1-10-3-8-15(14(18)9-10)21-17(23)20-13-6-4-12(5-7-13)16-19-11(2)24-22-16/h3-9H,1-2H3,(H2,20,21,23). The number of rotatable bonds is 3. The maximum absolute atomic E-state index is 12.1. The molecule has 7 heteroatoms. The van der Waals surface area contributed by atoms with E-state index in [2.05, 4.69) is 20.8 Å². The predicted octanol–water partition coefficient (Wildman–Crippen LogP) is 4.65. The van der Waals surface area contributed by atoms with Crippen molar-refractivity contribution in [1.82, 2.24) is 10.1 Å². The Hall–Kier alpha value is -2.86. The lowest BCUT2D eigenvalue weighted by Crippen LogP contribution is -2.19. The van der Waals surface area contributed by atoms with E-state index in [9.17, 15) is 4.79 Å². The molecule has 1 aromatic heterocycles. The van der Waals surface area contributed by atoms with Crippen LogP contribution in [-0.2, 0) is 0 Å². The van der Waals surface area contributed by atoms with Crippen LogP contribution >= 0.6 is 11.6 Å². The van der Waals surface area contributed by atoms with E-state index in [1.165, 1.54) is 0 Å². The Morgan fingerprint density at radius 1 is 1.08 bits per heavy atom. The van der Waals surface area contributed by atoms with Gasteiger partial charge in [0.2, 0.25) is 11.7 Å². The van der Waals surface area contributed by atoms with Crippen LogP contribution in [0.2, 0.25) is 5.02 Å². The van der Waals surface area contributed by atoms with E-state index in [0.29, 0.717) is 28.1 Å². The third kappa shape index (κ3) is 3.72. The van der Waals surface area contributed by atoms with Crippen molar-refractivity contribution in [3.8, 4) is 11.4 Å². The van der Waals surface area contributed by atoms with Crippen molar-refractivity contribution in [2.45, 2.75) is 13.8 Å². The number of nitrogens with zero attached hydrogens (tertiary/aromatic N) is 2. The van der Waals surface area contributed by atoms with Crippen molar-refractivity contribution in [3.05, 3.63) is 58.9 Å². The third-order valence-electron chi connectivity index (χ3n) is 3.30. The summed E-state index contributed by atoms with van der Waals surface area (Å²) >= 11 is 6.10. The van der Waals surface area contributed by atoms with E-state index in [4.69, 9.17) is 16.1 Å². The summed E-state index contributed by atoms with van der Waals surface area (Å²) in [5.41, 5.74) is 3.02. The fourth-order valence-electron chi connectivity index (χ4n) is 2.13. The fourth-order valence-corrected chi connectivity index (χ4v) is 2.41. The molecule has 0 atom stereocenters. The van der Waals surface area contributed by atoms with Crippen molar-refractivity contribution in [2.24, 2.45) is 0 Å². The van der Waals surface area contributed by atoms with Gasteiger partial charge in [0.25, 0.3) is 0 Å². The second-order valence-electron chi connectivity index (χ2n) is 5.28. The molecule has 0 aliphatic rings. The van der Waals surface area contributed by atoms with E-state index in [0.717, 1.165) is 11.1 Å². The van der Waals surface area contributed by atoms with Crippen LogP contribution in [0.3, 0.4) is 0 Å². The van der Waals surface area contributed by atoms with Crippen LogP contribution in [0.4, 0.5) is 16.2 Å². The first-order valence-corrected chi connectivity index (χ1v) is 7.64. The van der Waals surface area contributed by atoms with Crippen LogP contribution in [0.5, 0.6) is 0 Å². The highest BCUT2D eigenvalue weighted by Crippen LogP contribution is 2.23. The first-order valence-electron chi connectivity index (χ1n) is 7.26. The highest BCUT2D eigenvalue weighted by Gasteiger charge is 2.08. The molecule has 122 valence electrons. The second kappa shape index (κ2) is 6.72. The maximum atomic E-state index is 12.1. The molecule has 24 heavy (non-hydrogen) atoms. The smallest absolute Gasteiger partial charge is 0.323 e. The van der Waals surface area contributed by atoms with Crippen LogP contribution in [0.25, 0.3) is 11.4 Å². The fraction of sp³-hybridized carbons (Fsp3) is 0.118. The number of nitrogens with one attached hydrogen (secondary N) is 2. The van der Waals surface area contributed by atoms with Gasteiger partial charge in [-0.2, -0.15) is 4.98 Å². The normalized spacial score (nSPS) is 10.5. The minimum atomic E-state index is -0.371. The van der Waals surface area contributed by atoms with Gasteiger partial charge in [-0.3, -0.25) is 0 Å². The Morgan fingerprint density at radius 2 is 1.83 bits per heavy atom. The zero-order chi connectivity index (χ0) is 17.1. The maximum Gasteiger partial charge on any atom is 0.323 e. The quantitative estimate of drug-likeness (QED) is 0.726. The van der Waals surface area contributed by atoms with Gasteiger partial charge in [-0.1, -0.05) is 22.8 Å². The van der Waals surface area contributed by atoms with Gasteiger partial charge in [0.05, 0.1) is 10.7 Å². The van der Waals surface area contributed by atoms with Crippen molar-refractivity contribution in [2.75, 3.05) is 10.6 Å². The van der Waals surface area contributed by atoms with Crippen LogP contribution in [0.15, 0.2) is 47.0 Å². The van der Waals surface area contributed by atoms with Gasteiger partial charge in [-0.05, 0) is 48.9 Å². The van der Waals surface area contributed by atoms with Gasteiger partial charge in [-0.25, -0.2) is 4.79 Å². The van der Waals surface area contributed by atoms with Gasteiger partial charge in [0.1, 0.15) is 0 Å². The molecule has 0 bridgehead atoms. The summed E-state index contributed by atoms with van der Waals surface area (Å²) in [7, 11) is 0. The molecule has 0 unspecified atom stereocenters. The Kier molecular flexibility index (Phi) is 4.48. The highest BCUT2D eigenvalue weighted by atomic mass is 35.5. The minimum Gasteiger partial charge on any atom is -0.339 e. The molecule has 2 aromatic carbocycles. The summed E-state index contributed by atoms with van der Waals surface area (Å²) in [6.45, 7) is 3.66. The monoisotopic (exact) mass is 342 g/mol. The van der Waals surface area contributed by atoms with Gasteiger partial charge >= 0.3 is 6.03 Å². The molecule has 0 saturated heterocycles. The lowest BCUT2D eigenvalue weighted by atomic mass is 10.2. The molecule has 0 saturated carbocycles. The lowest BCUT2D eigenvalue weighted by Gasteiger charge is -2.09. The topological polar surface area (TPSA) is 80.0 Å². The summed E-state index contributed by atoms with van der Waals surface area (Å²) in [6, 6.07) is 12.2. The number of carbonyl (C=O) groups excluding carboxylic acids is 1. The minimum absolute atomic E-state index is 0.371. The number of aryl methyl sites for hydroxylation is 2. The summed E-state index contributed by atoms with van der Waals surface area (Å²) < 4.78 is 4.95. The van der Waals surface area contributed by atoms with Crippen LogP contribution < -0.4 is 10.6 Å². The number of aromatic nitrogens is 2. The molecule has 3 aromatic rings. The third-order valence-corrected chi connectivity index (χ3v) is 3.61. The second-order valence-corrected chi connectivity index (χ2v) is 5.68. The number of halogens is 1. The Balaban J connectivity index is 1.66. The predicted molar refractivity (Wildman–Crippen MR) is 93.3 cm³/mol. The van der Waals surface area contributed by atoms with E-state index >= 15 is 0 Å². The molecule has 0 spiro atoms. The van der Waals surface area contributed by atoms with Crippen LogP contribution in [0.1, 0.15) is 11.5 Å². The number of amides is 2. The van der Waals surface area contributed by atoms with E-state index in [1.807, 2.05) is 13.0 Å².